The molecule has 1 N–H and O–H groups in total. The molecule has 2 aliphatic rings. The molecule has 4 nitrogen and oxygen atoms in total. The molecule has 0 spiro atoms. The fourth-order valence-electron chi connectivity index (χ4n) is 2.72. The van der Waals surface area contributed by atoms with E-state index in [2.05, 4.69) is 17.3 Å². The summed E-state index contributed by atoms with van der Waals surface area (Å²) >= 11 is 0. The highest BCUT2D eigenvalue weighted by Gasteiger charge is 2.28. The molecule has 92 valence electrons. The molecule has 2 saturated heterocycles. The first-order valence-electron chi connectivity index (χ1n) is 6.34. The quantitative estimate of drug-likeness (QED) is 0.750. The molecule has 0 saturated carbocycles. The summed E-state index contributed by atoms with van der Waals surface area (Å²) in [6.07, 6.45) is 4.17. The van der Waals surface area contributed by atoms with E-state index in [9.17, 15) is 4.79 Å². The summed E-state index contributed by atoms with van der Waals surface area (Å²) in [5, 5.41) is 3.38. The predicted octanol–water partition coefficient (Wildman–Crippen LogP) is 0.291. The summed E-state index contributed by atoms with van der Waals surface area (Å²) < 4.78 is 0. The molecule has 0 aromatic carbocycles. The van der Waals surface area contributed by atoms with Crippen molar-refractivity contribution in [2.75, 3.05) is 33.7 Å². The van der Waals surface area contributed by atoms with Crippen LogP contribution in [-0.4, -0.2) is 61.5 Å². The highest BCUT2D eigenvalue weighted by atomic mass is 16.2. The molecule has 0 aromatic rings. The third kappa shape index (κ3) is 2.74. The lowest BCUT2D eigenvalue weighted by Crippen LogP contribution is -2.41. The first-order chi connectivity index (χ1) is 7.66. The first-order valence-corrected chi connectivity index (χ1v) is 6.34. The van der Waals surface area contributed by atoms with Gasteiger partial charge >= 0.3 is 0 Å². The van der Waals surface area contributed by atoms with Gasteiger partial charge in [0.2, 0.25) is 5.91 Å². The fourth-order valence-corrected chi connectivity index (χ4v) is 2.72. The molecule has 2 fully saturated rings. The van der Waals surface area contributed by atoms with E-state index in [-0.39, 0.29) is 0 Å². The maximum Gasteiger partial charge on any atom is 0.224 e. The van der Waals surface area contributed by atoms with Crippen LogP contribution in [0.2, 0.25) is 0 Å². The summed E-state index contributed by atoms with van der Waals surface area (Å²) in [7, 11) is 4.08. The number of nitrogens with zero attached hydrogens (tertiary/aromatic N) is 2. The Morgan fingerprint density at radius 3 is 2.88 bits per heavy atom. The van der Waals surface area contributed by atoms with Gasteiger partial charge in [-0.1, -0.05) is 0 Å². The summed E-state index contributed by atoms with van der Waals surface area (Å²) in [6.45, 7) is 3.22. The molecule has 0 bridgehead atoms. The van der Waals surface area contributed by atoms with Gasteiger partial charge in [0.05, 0.1) is 0 Å². The Morgan fingerprint density at radius 1 is 1.50 bits per heavy atom. The van der Waals surface area contributed by atoms with Crippen LogP contribution in [0.3, 0.4) is 0 Å². The summed E-state index contributed by atoms with van der Waals surface area (Å²) in [5.41, 5.74) is 0. The molecule has 2 rings (SSSR count). The van der Waals surface area contributed by atoms with E-state index in [0.29, 0.717) is 24.4 Å². The molecule has 2 unspecified atom stereocenters. The maximum atomic E-state index is 12.1. The Bertz CT molecular complexity index is 251. The van der Waals surface area contributed by atoms with E-state index in [1.807, 2.05) is 11.9 Å². The molecule has 2 aliphatic heterocycles. The number of amides is 1. The van der Waals surface area contributed by atoms with Crippen LogP contribution >= 0.6 is 0 Å². The van der Waals surface area contributed by atoms with E-state index in [0.717, 1.165) is 32.5 Å². The third-order valence-electron chi connectivity index (χ3n) is 3.89. The fraction of sp³-hybridized carbons (Fsp3) is 0.917. The number of carbonyl (C=O) groups excluding carboxylic acids is 1. The zero-order chi connectivity index (χ0) is 11.5. The largest absolute Gasteiger partial charge is 0.341 e. The minimum Gasteiger partial charge on any atom is -0.341 e. The number of hydrogen-bond donors (Lipinski definition) is 1. The zero-order valence-corrected chi connectivity index (χ0v) is 10.4. The van der Waals surface area contributed by atoms with E-state index < -0.39 is 0 Å². The van der Waals surface area contributed by atoms with Gasteiger partial charge in [-0.25, -0.2) is 0 Å². The Hall–Kier alpha value is -0.610. The molecule has 0 radical (unpaired) electrons. The average molecular weight is 225 g/mol. The molecule has 1 amide bonds. The monoisotopic (exact) mass is 225 g/mol. The van der Waals surface area contributed by atoms with Crippen LogP contribution in [0.1, 0.15) is 25.7 Å². The molecule has 16 heavy (non-hydrogen) atoms. The van der Waals surface area contributed by atoms with E-state index >= 15 is 0 Å². The van der Waals surface area contributed by atoms with Crippen molar-refractivity contribution >= 4 is 5.91 Å². The van der Waals surface area contributed by atoms with Crippen LogP contribution in [-0.2, 0) is 4.79 Å². The lowest BCUT2D eigenvalue weighted by atomic mass is 10.1. The third-order valence-corrected chi connectivity index (χ3v) is 3.89. The van der Waals surface area contributed by atoms with Crippen molar-refractivity contribution in [3.05, 3.63) is 0 Å². The van der Waals surface area contributed by atoms with Crippen molar-refractivity contribution in [3.8, 4) is 0 Å². The van der Waals surface area contributed by atoms with Crippen molar-refractivity contribution in [2.24, 2.45) is 0 Å². The minimum absolute atomic E-state index is 0.305. The van der Waals surface area contributed by atoms with Gasteiger partial charge in [0.1, 0.15) is 0 Å². The smallest absolute Gasteiger partial charge is 0.224 e. The minimum atomic E-state index is 0.305. The maximum absolute atomic E-state index is 12.1. The Labute approximate surface area is 98.0 Å². The highest BCUT2D eigenvalue weighted by Crippen LogP contribution is 2.16. The first kappa shape index (κ1) is 11.9. The molecule has 2 atom stereocenters. The summed E-state index contributed by atoms with van der Waals surface area (Å²) in [4.78, 5) is 16.3. The van der Waals surface area contributed by atoms with Crippen LogP contribution in [0, 0.1) is 0 Å². The van der Waals surface area contributed by atoms with E-state index in [1.165, 1.54) is 6.42 Å². The number of rotatable bonds is 3. The standard InChI is InChI=1S/C12H23N3O/c1-14-7-5-11(9-14)15(2)12(16)8-10-4-3-6-13-10/h10-11,13H,3-9H2,1-2H3. The van der Waals surface area contributed by atoms with Gasteiger partial charge in [-0.2, -0.15) is 0 Å². The van der Waals surface area contributed by atoms with Crippen LogP contribution in [0.5, 0.6) is 0 Å². The van der Waals surface area contributed by atoms with Crippen molar-refractivity contribution in [2.45, 2.75) is 37.8 Å². The van der Waals surface area contributed by atoms with Crippen molar-refractivity contribution in [1.82, 2.24) is 15.1 Å². The Kier molecular flexibility index (Phi) is 3.82. The van der Waals surface area contributed by atoms with Gasteiger partial charge in [0.25, 0.3) is 0 Å². The van der Waals surface area contributed by atoms with Gasteiger partial charge in [0, 0.05) is 32.1 Å². The van der Waals surface area contributed by atoms with Crippen LogP contribution in [0.4, 0.5) is 0 Å². The number of nitrogens with one attached hydrogen (secondary N) is 1. The number of likely N-dealkylation sites (tertiary alicyclic amines) is 1. The van der Waals surface area contributed by atoms with Crippen molar-refractivity contribution in [3.63, 3.8) is 0 Å². The van der Waals surface area contributed by atoms with Gasteiger partial charge in [-0.05, 0) is 39.4 Å². The highest BCUT2D eigenvalue weighted by molar-refractivity contribution is 5.77. The van der Waals surface area contributed by atoms with Crippen molar-refractivity contribution in [1.29, 1.82) is 0 Å². The normalized spacial score (nSPS) is 30.9. The second-order valence-corrected chi connectivity index (χ2v) is 5.21. The number of carbonyl (C=O) groups is 1. The van der Waals surface area contributed by atoms with Gasteiger partial charge < -0.3 is 15.1 Å². The number of hydrogen-bond acceptors (Lipinski definition) is 3. The van der Waals surface area contributed by atoms with E-state index in [4.69, 9.17) is 0 Å². The lowest BCUT2D eigenvalue weighted by molar-refractivity contribution is -0.132. The summed E-state index contributed by atoms with van der Waals surface area (Å²) in [6, 6.07) is 0.855. The Balaban J connectivity index is 1.79. The van der Waals surface area contributed by atoms with Gasteiger partial charge in [0.15, 0.2) is 0 Å². The van der Waals surface area contributed by atoms with Crippen molar-refractivity contribution < 1.29 is 4.79 Å². The topological polar surface area (TPSA) is 35.6 Å². The molecule has 0 aliphatic carbocycles. The van der Waals surface area contributed by atoms with Gasteiger partial charge in [-0.3, -0.25) is 4.79 Å². The average Bonchev–Trinajstić information content (AvgIpc) is 2.88. The second-order valence-electron chi connectivity index (χ2n) is 5.21. The second kappa shape index (κ2) is 5.15. The SMILES string of the molecule is CN1CCC(N(C)C(=O)CC2CCCN2)C1. The lowest BCUT2D eigenvalue weighted by Gasteiger charge is -2.25. The molecule has 4 heteroatoms. The van der Waals surface area contributed by atoms with Crippen LogP contribution in [0.15, 0.2) is 0 Å². The molecular weight excluding hydrogens is 202 g/mol. The molecular formula is C12H23N3O. The van der Waals surface area contributed by atoms with Gasteiger partial charge in [-0.15, -0.1) is 0 Å². The Morgan fingerprint density at radius 2 is 2.31 bits per heavy atom. The molecule has 2 heterocycles. The van der Waals surface area contributed by atoms with E-state index in [1.54, 1.807) is 0 Å². The van der Waals surface area contributed by atoms with Crippen LogP contribution < -0.4 is 5.32 Å². The van der Waals surface area contributed by atoms with Crippen LogP contribution in [0.25, 0.3) is 0 Å². The number of likely N-dealkylation sites (N-methyl/N-ethyl adjacent to an activating group) is 2. The predicted molar refractivity (Wildman–Crippen MR) is 64.3 cm³/mol. The zero-order valence-electron chi connectivity index (χ0n) is 10.4. The molecule has 0 aromatic heterocycles. The summed E-state index contributed by atoms with van der Waals surface area (Å²) in [5.74, 6) is 0.305.